The number of carbonyl (C=O) groups excluding carboxylic acids is 1. The monoisotopic (exact) mass is 401 g/mol. The molecule has 6 nitrogen and oxygen atoms in total. The summed E-state index contributed by atoms with van der Waals surface area (Å²) in [5.41, 5.74) is 0.897. The Kier molecular flexibility index (Phi) is 5.21. The van der Waals surface area contributed by atoms with Crippen molar-refractivity contribution >= 4 is 22.2 Å². The molecular formula is C21H23NO5S. The van der Waals surface area contributed by atoms with Crippen molar-refractivity contribution in [2.75, 3.05) is 7.11 Å². The summed E-state index contributed by atoms with van der Waals surface area (Å²) >= 11 is 0. The predicted octanol–water partition coefficient (Wildman–Crippen LogP) is 4.35. The largest absolute Gasteiger partial charge is 0.497 e. The number of hydrogen-bond acceptors (Lipinski definition) is 5. The van der Waals surface area contributed by atoms with Gasteiger partial charge in [0, 0.05) is 0 Å². The SMILES string of the molecule is CCC1(C)OC(=O)N(S(=O)(=O)c2ccc(C)cc2)/C1=C/c1ccc(OC)cc1. The maximum atomic E-state index is 13.2. The van der Waals surface area contributed by atoms with Gasteiger partial charge in [0.1, 0.15) is 5.75 Å². The van der Waals surface area contributed by atoms with Gasteiger partial charge in [-0.3, -0.25) is 0 Å². The van der Waals surface area contributed by atoms with Crippen LogP contribution in [0.1, 0.15) is 31.4 Å². The first-order chi connectivity index (χ1) is 13.2. The van der Waals surface area contributed by atoms with Crippen LogP contribution in [-0.4, -0.2) is 31.5 Å². The number of hydrogen-bond donors (Lipinski definition) is 0. The van der Waals surface area contributed by atoms with Gasteiger partial charge in [-0.25, -0.2) is 13.2 Å². The molecule has 0 aliphatic carbocycles. The maximum absolute atomic E-state index is 13.2. The van der Waals surface area contributed by atoms with Gasteiger partial charge in [0.25, 0.3) is 10.0 Å². The van der Waals surface area contributed by atoms with Crippen LogP contribution < -0.4 is 4.74 Å². The second kappa shape index (κ2) is 7.31. The highest BCUT2D eigenvalue weighted by atomic mass is 32.2. The molecule has 1 unspecified atom stereocenters. The van der Waals surface area contributed by atoms with Gasteiger partial charge in [0.15, 0.2) is 5.60 Å². The van der Waals surface area contributed by atoms with Crippen LogP contribution in [0.5, 0.6) is 5.75 Å². The molecule has 2 aromatic rings. The van der Waals surface area contributed by atoms with Gasteiger partial charge < -0.3 is 9.47 Å². The highest BCUT2D eigenvalue weighted by Gasteiger charge is 2.51. The average molecular weight is 401 g/mol. The number of methoxy groups -OCH3 is 1. The molecule has 3 rings (SSSR count). The van der Waals surface area contributed by atoms with E-state index in [9.17, 15) is 13.2 Å². The summed E-state index contributed by atoms with van der Waals surface area (Å²) in [5, 5.41) is 0. The number of benzene rings is 2. The normalized spacial score (nSPS) is 21.1. The minimum absolute atomic E-state index is 0.0380. The van der Waals surface area contributed by atoms with Gasteiger partial charge in [0.05, 0.1) is 17.7 Å². The van der Waals surface area contributed by atoms with E-state index >= 15 is 0 Å². The van der Waals surface area contributed by atoms with E-state index in [-0.39, 0.29) is 10.6 Å². The lowest BCUT2D eigenvalue weighted by Gasteiger charge is -2.23. The van der Waals surface area contributed by atoms with Crippen LogP contribution in [-0.2, 0) is 14.8 Å². The molecule has 2 aromatic carbocycles. The number of nitrogens with zero attached hydrogens (tertiary/aromatic N) is 1. The number of cyclic esters (lactones) is 1. The molecule has 0 radical (unpaired) electrons. The Hall–Kier alpha value is -2.80. The third-order valence-electron chi connectivity index (χ3n) is 4.89. The zero-order valence-electron chi connectivity index (χ0n) is 16.3. The summed E-state index contributed by atoms with van der Waals surface area (Å²) in [6, 6.07) is 13.5. The van der Waals surface area contributed by atoms with Crippen LogP contribution in [0.3, 0.4) is 0 Å². The van der Waals surface area contributed by atoms with E-state index in [1.54, 1.807) is 56.5 Å². The zero-order valence-corrected chi connectivity index (χ0v) is 17.1. The van der Waals surface area contributed by atoms with E-state index < -0.39 is 21.7 Å². The number of aryl methyl sites for hydroxylation is 1. The highest BCUT2D eigenvalue weighted by Crippen LogP contribution is 2.40. The number of ether oxygens (including phenoxy) is 2. The minimum Gasteiger partial charge on any atom is -0.497 e. The maximum Gasteiger partial charge on any atom is 0.429 e. The number of sulfonamides is 1. The fourth-order valence-electron chi connectivity index (χ4n) is 2.97. The predicted molar refractivity (Wildman–Crippen MR) is 106 cm³/mol. The third-order valence-corrected chi connectivity index (χ3v) is 6.59. The van der Waals surface area contributed by atoms with Crippen molar-refractivity contribution in [2.24, 2.45) is 0 Å². The molecule has 0 N–H and O–H groups in total. The molecule has 28 heavy (non-hydrogen) atoms. The summed E-state index contributed by atoms with van der Waals surface area (Å²) in [5.74, 6) is 0.684. The van der Waals surface area contributed by atoms with E-state index in [0.29, 0.717) is 12.2 Å². The van der Waals surface area contributed by atoms with Crippen molar-refractivity contribution in [1.29, 1.82) is 0 Å². The molecule has 1 amide bonds. The van der Waals surface area contributed by atoms with Crippen molar-refractivity contribution in [1.82, 2.24) is 4.31 Å². The van der Waals surface area contributed by atoms with E-state index in [1.165, 1.54) is 12.1 Å². The lowest BCUT2D eigenvalue weighted by Crippen LogP contribution is -2.33. The zero-order chi connectivity index (χ0) is 20.5. The Balaban J connectivity index is 2.12. The summed E-state index contributed by atoms with van der Waals surface area (Å²) in [6.45, 7) is 5.42. The van der Waals surface area contributed by atoms with Crippen LogP contribution in [0.15, 0.2) is 59.1 Å². The van der Waals surface area contributed by atoms with E-state index in [4.69, 9.17) is 9.47 Å². The molecule has 7 heteroatoms. The van der Waals surface area contributed by atoms with E-state index in [2.05, 4.69) is 0 Å². The topological polar surface area (TPSA) is 72.9 Å². The van der Waals surface area contributed by atoms with Crippen LogP contribution in [0.2, 0.25) is 0 Å². The molecule has 0 bridgehead atoms. The highest BCUT2D eigenvalue weighted by molar-refractivity contribution is 7.89. The van der Waals surface area contributed by atoms with Crippen molar-refractivity contribution in [3.63, 3.8) is 0 Å². The standard InChI is InChI=1S/C21H23NO5S/c1-5-21(3)19(14-16-8-10-17(26-4)11-9-16)22(20(23)27-21)28(24,25)18-12-6-15(2)7-13-18/h6-14H,5H2,1-4H3/b19-14+. The summed E-state index contributed by atoms with van der Waals surface area (Å²) in [4.78, 5) is 12.6. The molecule has 1 saturated heterocycles. The van der Waals surface area contributed by atoms with Gasteiger partial charge in [-0.2, -0.15) is 4.31 Å². The van der Waals surface area contributed by atoms with Gasteiger partial charge in [-0.15, -0.1) is 0 Å². The lowest BCUT2D eigenvalue weighted by molar-refractivity contribution is 0.0807. The molecule has 0 aromatic heterocycles. The average Bonchev–Trinajstić information content (AvgIpc) is 2.93. The Morgan fingerprint density at radius 1 is 1.11 bits per heavy atom. The molecule has 0 spiro atoms. The van der Waals surface area contributed by atoms with Crippen molar-refractivity contribution in [3.8, 4) is 5.75 Å². The second-order valence-corrected chi connectivity index (χ2v) is 8.62. The van der Waals surface area contributed by atoms with Gasteiger partial charge >= 0.3 is 6.09 Å². The van der Waals surface area contributed by atoms with Gasteiger partial charge in [-0.1, -0.05) is 36.8 Å². The molecule has 0 saturated carbocycles. The molecule has 1 aliphatic rings. The quantitative estimate of drug-likeness (QED) is 0.745. The van der Waals surface area contributed by atoms with Crippen LogP contribution in [0.25, 0.3) is 6.08 Å². The number of amides is 1. The first-order valence-electron chi connectivity index (χ1n) is 8.92. The van der Waals surface area contributed by atoms with Gasteiger partial charge in [0.2, 0.25) is 0 Å². The smallest absolute Gasteiger partial charge is 0.429 e. The van der Waals surface area contributed by atoms with Crippen molar-refractivity contribution in [2.45, 2.75) is 37.7 Å². The summed E-state index contributed by atoms with van der Waals surface area (Å²) < 4.78 is 37.9. The summed E-state index contributed by atoms with van der Waals surface area (Å²) in [7, 11) is -2.53. The van der Waals surface area contributed by atoms with Gasteiger partial charge in [-0.05, 0) is 56.2 Å². The Labute approximate surface area is 165 Å². The molecule has 1 fully saturated rings. The van der Waals surface area contributed by atoms with E-state index in [0.717, 1.165) is 15.4 Å². The Morgan fingerprint density at radius 3 is 2.25 bits per heavy atom. The summed E-state index contributed by atoms with van der Waals surface area (Å²) in [6.07, 6.45) is 1.20. The van der Waals surface area contributed by atoms with Crippen LogP contribution >= 0.6 is 0 Å². The van der Waals surface area contributed by atoms with Crippen LogP contribution in [0, 0.1) is 6.92 Å². The number of rotatable bonds is 5. The molecule has 148 valence electrons. The van der Waals surface area contributed by atoms with Crippen molar-refractivity contribution in [3.05, 3.63) is 65.4 Å². The lowest BCUT2D eigenvalue weighted by atomic mass is 9.97. The molecule has 1 atom stereocenters. The minimum atomic E-state index is -4.10. The first kappa shape index (κ1) is 19.9. The van der Waals surface area contributed by atoms with Crippen LogP contribution in [0.4, 0.5) is 4.79 Å². The fourth-order valence-corrected chi connectivity index (χ4v) is 4.39. The first-order valence-corrected chi connectivity index (χ1v) is 10.4. The fraction of sp³-hybridized carbons (Fsp3) is 0.286. The third kappa shape index (κ3) is 3.49. The molecule has 1 heterocycles. The molecular weight excluding hydrogens is 378 g/mol. The molecule has 1 aliphatic heterocycles. The van der Waals surface area contributed by atoms with Crippen molar-refractivity contribution < 1.29 is 22.7 Å². The van der Waals surface area contributed by atoms with E-state index in [1.807, 2.05) is 13.8 Å². The Morgan fingerprint density at radius 2 is 1.71 bits per heavy atom. The Bertz CT molecular complexity index is 1010. The second-order valence-electron chi connectivity index (χ2n) is 6.84. The number of carbonyl (C=O) groups is 1.